The molecule has 0 amide bonds. The van der Waals surface area contributed by atoms with Crippen molar-refractivity contribution in [2.24, 2.45) is 0 Å². The van der Waals surface area contributed by atoms with Gasteiger partial charge in [-0.15, -0.1) is 11.3 Å². The molecule has 1 fully saturated rings. The lowest BCUT2D eigenvalue weighted by molar-refractivity contribution is 0.354. The number of sulfonamides is 1. The van der Waals surface area contributed by atoms with E-state index in [1.807, 2.05) is 0 Å². The molecular formula is C17H15ClFN3O3S2. The van der Waals surface area contributed by atoms with Crippen molar-refractivity contribution in [2.75, 3.05) is 4.72 Å². The van der Waals surface area contributed by atoms with Crippen LogP contribution < -0.4 is 4.72 Å². The van der Waals surface area contributed by atoms with Crippen LogP contribution in [0.15, 0.2) is 38.4 Å². The van der Waals surface area contributed by atoms with Crippen molar-refractivity contribution in [1.29, 1.82) is 0 Å². The largest absolute Gasteiger partial charge is 0.339 e. The Morgan fingerprint density at radius 2 is 2.04 bits per heavy atom. The van der Waals surface area contributed by atoms with E-state index in [4.69, 9.17) is 16.1 Å². The van der Waals surface area contributed by atoms with Gasteiger partial charge in [0.2, 0.25) is 11.7 Å². The van der Waals surface area contributed by atoms with Crippen molar-refractivity contribution >= 4 is 38.6 Å². The fourth-order valence-corrected chi connectivity index (χ4v) is 5.42. The van der Waals surface area contributed by atoms with Crippen molar-refractivity contribution in [2.45, 2.75) is 35.8 Å². The molecule has 4 rings (SSSR count). The van der Waals surface area contributed by atoms with Gasteiger partial charge < -0.3 is 4.52 Å². The van der Waals surface area contributed by atoms with E-state index in [1.54, 1.807) is 5.38 Å². The molecule has 0 unspecified atom stereocenters. The van der Waals surface area contributed by atoms with Crippen LogP contribution in [-0.2, 0) is 10.0 Å². The number of nitrogens with zero attached hydrogens (tertiary/aromatic N) is 2. The summed E-state index contributed by atoms with van der Waals surface area (Å²) in [6.07, 6.45) is 4.36. The fraction of sp³-hybridized carbons (Fsp3) is 0.294. The Hall–Kier alpha value is -1.97. The third kappa shape index (κ3) is 3.85. The van der Waals surface area contributed by atoms with E-state index in [0.717, 1.165) is 43.1 Å². The van der Waals surface area contributed by atoms with E-state index in [-0.39, 0.29) is 20.8 Å². The van der Waals surface area contributed by atoms with Crippen LogP contribution in [0.1, 0.15) is 37.5 Å². The van der Waals surface area contributed by atoms with E-state index in [9.17, 15) is 12.8 Å². The summed E-state index contributed by atoms with van der Waals surface area (Å²) in [5.74, 6) is 0.483. The number of hydrogen-bond donors (Lipinski definition) is 1. The summed E-state index contributed by atoms with van der Waals surface area (Å²) in [4.78, 5) is 4.40. The summed E-state index contributed by atoms with van der Waals surface area (Å²) in [5, 5.41) is 5.78. The normalized spacial score (nSPS) is 15.3. The molecule has 1 saturated carbocycles. The lowest BCUT2D eigenvalue weighted by Crippen LogP contribution is -2.12. The van der Waals surface area contributed by atoms with Gasteiger partial charge in [-0.1, -0.05) is 29.6 Å². The van der Waals surface area contributed by atoms with E-state index in [1.165, 1.54) is 18.2 Å². The summed E-state index contributed by atoms with van der Waals surface area (Å²) in [6, 6.07) is 5.18. The zero-order chi connectivity index (χ0) is 19.0. The van der Waals surface area contributed by atoms with Crippen LogP contribution in [0.3, 0.4) is 0 Å². The maximum atomic E-state index is 13.9. The molecule has 10 heteroatoms. The minimum atomic E-state index is -3.95. The van der Waals surface area contributed by atoms with E-state index in [2.05, 4.69) is 14.9 Å². The van der Waals surface area contributed by atoms with Crippen LogP contribution in [0.2, 0.25) is 5.02 Å². The first-order chi connectivity index (χ1) is 12.9. The molecule has 0 saturated heterocycles. The standard InChI is InChI=1S/C17H15ClFN3O3S2/c18-12-5-6-14(13(19)8-12)22-27(23,24)15-7-11(9-26-15)16-20-17(25-21-16)10-3-1-2-4-10/h5-10,22H,1-4H2. The maximum absolute atomic E-state index is 13.9. The van der Waals surface area contributed by atoms with Crippen molar-refractivity contribution in [1.82, 2.24) is 10.1 Å². The summed E-state index contributed by atoms with van der Waals surface area (Å²) in [6.45, 7) is 0. The SMILES string of the molecule is O=S(=O)(Nc1ccc(Cl)cc1F)c1cc(-c2noc(C3CCCC3)n2)cs1. The minimum absolute atomic E-state index is 0.0269. The average Bonchev–Trinajstić information content (AvgIpc) is 3.37. The Kier molecular flexibility index (Phi) is 4.92. The average molecular weight is 428 g/mol. The van der Waals surface area contributed by atoms with Crippen molar-refractivity contribution < 1.29 is 17.3 Å². The van der Waals surface area contributed by atoms with Crippen LogP contribution in [0.4, 0.5) is 10.1 Å². The van der Waals surface area contributed by atoms with E-state index in [0.29, 0.717) is 17.3 Å². The van der Waals surface area contributed by atoms with E-state index >= 15 is 0 Å². The Morgan fingerprint density at radius 1 is 1.26 bits per heavy atom. The number of nitrogens with one attached hydrogen (secondary N) is 1. The van der Waals surface area contributed by atoms with Gasteiger partial charge >= 0.3 is 0 Å². The molecule has 142 valence electrons. The van der Waals surface area contributed by atoms with Gasteiger partial charge in [-0.2, -0.15) is 4.98 Å². The molecule has 0 aliphatic heterocycles. The predicted octanol–water partition coefficient (Wildman–Crippen LogP) is 5.05. The molecule has 2 heterocycles. The Bertz CT molecular complexity index is 1070. The molecule has 27 heavy (non-hydrogen) atoms. The minimum Gasteiger partial charge on any atom is -0.339 e. The van der Waals surface area contributed by atoms with E-state index < -0.39 is 15.8 Å². The highest BCUT2D eigenvalue weighted by Gasteiger charge is 2.25. The molecule has 0 bridgehead atoms. The first-order valence-corrected chi connectivity index (χ1v) is 11.1. The lowest BCUT2D eigenvalue weighted by Gasteiger charge is -2.07. The molecular weight excluding hydrogens is 413 g/mol. The second-order valence-electron chi connectivity index (χ2n) is 6.32. The zero-order valence-corrected chi connectivity index (χ0v) is 16.4. The lowest BCUT2D eigenvalue weighted by atomic mass is 10.1. The zero-order valence-electron chi connectivity index (χ0n) is 14.0. The van der Waals surface area contributed by atoms with Crippen LogP contribution >= 0.6 is 22.9 Å². The Morgan fingerprint density at radius 3 is 2.78 bits per heavy atom. The molecule has 6 nitrogen and oxygen atoms in total. The predicted molar refractivity (Wildman–Crippen MR) is 101 cm³/mol. The number of rotatable bonds is 5. The fourth-order valence-electron chi connectivity index (χ4n) is 3.03. The van der Waals surface area contributed by atoms with Crippen LogP contribution in [0, 0.1) is 5.82 Å². The molecule has 1 aliphatic rings. The molecule has 0 radical (unpaired) electrons. The van der Waals surface area contributed by atoms with Crippen LogP contribution in [0.25, 0.3) is 11.4 Å². The number of hydrogen-bond acceptors (Lipinski definition) is 6. The second kappa shape index (κ2) is 7.21. The van der Waals surface area contributed by atoms with Gasteiger partial charge in [0.25, 0.3) is 10.0 Å². The van der Waals surface area contributed by atoms with Gasteiger partial charge in [0.15, 0.2) is 0 Å². The first-order valence-electron chi connectivity index (χ1n) is 8.33. The van der Waals surface area contributed by atoms with Gasteiger partial charge in [-0.05, 0) is 37.1 Å². The topological polar surface area (TPSA) is 85.1 Å². The van der Waals surface area contributed by atoms with Gasteiger partial charge in [0.1, 0.15) is 10.0 Å². The Labute approximate surface area is 164 Å². The summed E-state index contributed by atoms with van der Waals surface area (Å²) < 4.78 is 46.5. The third-order valence-corrected chi connectivity index (χ3v) is 7.46. The van der Waals surface area contributed by atoms with Crippen molar-refractivity contribution in [3.8, 4) is 11.4 Å². The quantitative estimate of drug-likeness (QED) is 0.615. The van der Waals surface area contributed by atoms with Gasteiger partial charge in [-0.25, -0.2) is 12.8 Å². The molecule has 0 atom stereocenters. The molecule has 1 aromatic carbocycles. The summed E-state index contributed by atoms with van der Waals surface area (Å²) in [5.41, 5.74) is 0.377. The maximum Gasteiger partial charge on any atom is 0.271 e. The molecule has 0 spiro atoms. The van der Waals surface area contributed by atoms with Crippen molar-refractivity contribution in [3.63, 3.8) is 0 Å². The molecule has 1 aliphatic carbocycles. The summed E-state index contributed by atoms with van der Waals surface area (Å²) in [7, 11) is -3.95. The van der Waals surface area contributed by atoms with Crippen LogP contribution in [0.5, 0.6) is 0 Å². The molecule has 2 aromatic heterocycles. The van der Waals surface area contributed by atoms with Gasteiger partial charge in [-0.3, -0.25) is 4.72 Å². The number of halogens is 2. The third-order valence-electron chi connectivity index (χ3n) is 4.42. The number of benzene rings is 1. The monoisotopic (exact) mass is 427 g/mol. The Balaban J connectivity index is 1.56. The number of aromatic nitrogens is 2. The van der Waals surface area contributed by atoms with Crippen LogP contribution in [-0.4, -0.2) is 18.6 Å². The smallest absolute Gasteiger partial charge is 0.271 e. The second-order valence-corrected chi connectivity index (χ2v) is 9.58. The first kappa shape index (κ1) is 18.4. The number of anilines is 1. The highest BCUT2D eigenvalue weighted by atomic mass is 35.5. The molecule has 3 aromatic rings. The highest BCUT2D eigenvalue weighted by molar-refractivity contribution is 7.94. The number of thiophene rings is 1. The van der Waals surface area contributed by atoms with Crippen molar-refractivity contribution in [3.05, 3.63) is 46.4 Å². The summed E-state index contributed by atoms with van der Waals surface area (Å²) >= 11 is 6.69. The van der Waals surface area contributed by atoms with Gasteiger partial charge in [0, 0.05) is 21.9 Å². The van der Waals surface area contributed by atoms with Gasteiger partial charge in [0.05, 0.1) is 5.69 Å². The highest BCUT2D eigenvalue weighted by Crippen LogP contribution is 2.35. The molecule has 1 N–H and O–H groups in total.